The van der Waals surface area contributed by atoms with Crippen LogP contribution in [-0.2, 0) is 0 Å². The highest BCUT2D eigenvalue weighted by Gasteiger charge is 2.17. The van der Waals surface area contributed by atoms with E-state index in [1.54, 1.807) is 12.1 Å². The maximum atomic E-state index is 13.2. The van der Waals surface area contributed by atoms with E-state index in [9.17, 15) is 18.0 Å². The molecule has 0 saturated heterocycles. The maximum absolute atomic E-state index is 13.2. The molecule has 3 N–H and O–H groups in total. The van der Waals surface area contributed by atoms with Crippen LogP contribution in [0.15, 0.2) is 39.5 Å². The number of nitrogens with one attached hydrogen (secondary N) is 1. The minimum Gasteiger partial charge on any atom is -0.408 e. The van der Waals surface area contributed by atoms with E-state index in [1.807, 2.05) is 0 Å². The molecule has 21 heavy (non-hydrogen) atoms. The zero-order chi connectivity index (χ0) is 15.1. The zero-order valence-electron chi connectivity index (χ0n) is 10.5. The lowest BCUT2D eigenvalue weighted by Crippen LogP contribution is -2.13. The van der Waals surface area contributed by atoms with Crippen LogP contribution < -0.4 is 11.5 Å². The number of hydrogen-bond donors (Lipinski definition) is 2. The molecule has 1 unspecified atom stereocenters. The van der Waals surface area contributed by atoms with Gasteiger partial charge in [0.2, 0.25) is 0 Å². The molecule has 3 rings (SSSR count). The van der Waals surface area contributed by atoms with Crippen LogP contribution in [0.4, 0.5) is 13.2 Å². The first-order valence-corrected chi connectivity index (χ1v) is 5.98. The van der Waals surface area contributed by atoms with Gasteiger partial charge in [0.05, 0.1) is 11.6 Å². The predicted molar refractivity (Wildman–Crippen MR) is 69.2 cm³/mol. The first-order valence-electron chi connectivity index (χ1n) is 5.98. The summed E-state index contributed by atoms with van der Waals surface area (Å²) in [6.07, 6.45) is 0. The molecule has 4 nitrogen and oxygen atoms in total. The van der Waals surface area contributed by atoms with E-state index in [2.05, 4.69) is 4.98 Å². The van der Waals surface area contributed by atoms with Crippen molar-refractivity contribution in [2.75, 3.05) is 0 Å². The van der Waals surface area contributed by atoms with Crippen molar-refractivity contribution in [1.29, 1.82) is 0 Å². The number of aromatic nitrogens is 1. The van der Waals surface area contributed by atoms with Crippen molar-refractivity contribution in [3.05, 3.63) is 69.5 Å². The van der Waals surface area contributed by atoms with Crippen molar-refractivity contribution in [1.82, 2.24) is 4.98 Å². The first kappa shape index (κ1) is 13.4. The van der Waals surface area contributed by atoms with Crippen LogP contribution in [0.2, 0.25) is 0 Å². The number of rotatable bonds is 2. The second-order valence-corrected chi connectivity index (χ2v) is 4.55. The monoisotopic (exact) mass is 294 g/mol. The number of benzene rings is 2. The van der Waals surface area contributed by atoms with Crippen molar-refractivity contribution < 1.29 is 17.6 Å². The highest BCUT2D eigenvalue weighted by Crippen LogP contribution is 2.25. The third kappa shape index (κ3) is 2.31. The second kappa shape index (κ2) is 4.78. The molecule has 0 amide bonds. The Bertz CT molecular complexity index is 862. The number of hydrogen-bond acceptors (Lipinski definition) is 3. The van der Waals surface area contributed by atoms with Gasteiger partial charge < -0.3 is 10.2 Å². The third-order valence-electron chi connectivity index (χ3n) is 3.17. The summed E-state index contributed by atoms with van der Waals surface area (Å²) in [6.45, 7) is 0. The van der Waals surface area contributed by atoms with Crippen molar-refractivity contribution in [3.8, 4) is 0 Å². The molecule has 2 aromatic carbocycles. The fourth-order valence-electron chi connectivity index (χ4n) is 2.10. The van der Waals surface area contributed by atoms with E-state index < -0.39 is 29.2 Å². The molecule has 1 aromatic heterocycles. The SMILES string of the molecule is NC(c1cc(F)c(F)c(F)c1)c1ccc2[nH]c(=O)oc2c1. The molecule has 7 heteroatoms. The minimum atomic E-state index is -1.54. The lowest BCUT2D eigenvalue weighted by atomic mass is 9.99. The molecular formula is C14H9F3N2O2. The molecule has 1 heterocycles. The second-order valence-electron chi connectivity index (χ2n) is 4.55. The van der Waals surface area contributed by atoms with Gasteiger partial charge in [-0.2, -0.15) is 0 Å². The Morgan fingerprint density at radius 2 is 1.71 bits per heavy atom. The molecule has 0 aliphatic heterocycles. The molecular weight excluding hydrogens is 285 g/mol. The Labute approximate surface area is 116 Å². The van der Waals surface area contributed by atoms with Crippen molar-refractivity contribution in [2.45, 2.75) is 6.04 Å². The fourth-order valence-corrected chi connectivity index (χ4v) is 2.10. The van der Waals surface area contributed by atoms with Crippen LogP contribution in [0, 0.1) is 17.5 Å². The number of fused-ring (bicyclic) bond motifs is 1. The van der Waals surface area contributed by atoms with E-state index in [-0.39, 0.29) is 11.1 Å². The van der Waals surface area contributed by atoms with Crippen LogP contribution in [0.1, 0.15) is 17.2 Å². The highest BCUT2D eigenvalue weighted by molar-refractivity contribution is 5.73. The van der Waals surface area contributed by atoms with Crippen LogP contribution in [-0.4, -0.2) is 4.98 Å². The van der Waals surface area contributed by atoms with Crippen molar-refractivity contribution in [2.24, 2.45) is 5.73 Å². The van der Waals surface area contributed by atoms with Crippen LogP contribution >= 0.6 is 0 Å². The number of oxazole rings is 1. The Morgan fingerprint density at radius 3 is 2.38 bits per heavy atom. The average molecular weight is 294 g/mol. The lowest BCUT2D eigenvalue weighted by molar-refractivity contribution is 0.444. The van der Waals surface area contributed by atoms with Crippen LogP contribution in [0.5, 0.6) is 0 Å². The van der Waals surface area contributed by atoms with Gasteiger partial charge >= 0.3 is 5.76 Å². The summed E-state index contributed by atoms with van der Waals surface area (Å²) in [7, 11) is 0. The first-order chi connectivity index (χ1) is 9.95. The normalized spacial score (nSPS) is 12.8. The van der Waals surface area contributed by atoms with Gasteiger partial charge in [-0.15, -0.1) is 0 Å². The Balaban J connectivity index is 2.07. The Hall–Kier alpha value is -2.54. The van der Waals surface area contributed by atoms with Crippen LogP contribution in [0.3, 0.4) is 0 Å². The Morgan fingerprint density at radius 1 is 1.05 bits per heavy atom. The zero-order valence-corrected chi connectivity index (χ0v) is 10.5. The van der Waals surface area contributed by atoms with Gasteiger partial charge in [-0.3, -0.25) is 4.98 Å². The summed E-state index contributed by atoms with van der Waals surface area (Å²) >= 11 is 0. The molecule has 0 saturated carbocycles. The molecule has 0 bridgehead atoms. The molecule has 3 aromatic rings. The van der Waals surface area contributed by atoms with E-state index in [1.165, 1.54) is 6.07 Å². The van der Waals surface area contributed by atoms with Gasteiger partial charge in [0.1, 0.15) is 0 Å². The maximum Gasteiger partial charge on any atom is 0.417 e. The van der Waals surface area contributed by atoms with E-state index in [0.29, 0.717) is 11.1 Å². The van der Waals surface area contributed by atoms with E-state index in [4.69, 9.17) is 10.2 Å². The summed E-state index contributed by atoms with van der Waals surface area (Å²) in [5, 5.41) is 0. The van der Waals surface area contributed by atoms with E-state index in [0.717, 1.165) is 12.1 Å². The third-order valence-corrected chi connectivity index (χ3v) is 3.17. The lowest BCUT2D eigenvalue weighted by Gasteiger charge is -2.13. The largest absolute Gasteiger partial charge is 0.417 e. The molecule has 0 radical (unpaired) electrons. The number of halogens is 3. The number of aromatic amines is 1. The van der Waals surface area contributed by atoms with Crippen LogP contribution in [0.25, 0.3) is 11.1 Å². The molecule has 108 valence electrons. The van der Waals surface area contributed by atoms with E-state index >= 15 is 0 Å². The summed E-state index contributed by atoms with van der Waals surface area (Å²) in [4.78, 5) is 13.5. The quantitative estimate of drug-likeness (QED) is 0.714. The van der Waals surface area contributed by atoms with Gasteiger partial charge in [-0.25, -0.2) is 18.0 Å². The molecule has 0 aliphatic carbocycles. The van der Waals surface area contributed by atoms with Gasteiger partial charge in [0, 0.05) is 0 Å². The Kier molecular flexibility index (Phi) is 3.06. The van der Waals surface area contributed by atoms with Gasteiger partial charge in [0.25, 0.3) is 0 Å². The van der Waals surface area contributed by atoms with Crippen molar-refractivity contribution >= 4 is 11.1 Å². The van der Waals surface area contributed by atoms with Gasteiger partial charge in [0.15, 0.2) is 23.0 Å². The van der Waals surface area contributed by atoms with Gasteiger partial charge in [-0.1, -0.05) is 6.07 Å². The summed E-state index contributed by atoms with van der Waals surface area (Å²) in [5.74, 6) is -4.78. The highest BCUT2D eigenvalue weighted by atomic mass is 19.2. The topological polar surface area (TPSA) is 72.0 Å². The van der Waals surface area contributed by atoms with Gasteiger partial charge in [-0.05, 0) is 35.4 Å². The summed E-state index contributed by atoms with van der Waals surface area (Å²) in [6, 6.07) is 5.40. The molecule has 1 atom stereocenters. The smallest absolute Gasteiger partial charge is 0.408 e. The summed E-state index contributed by atoms with van der Waals surface area (Å²) in [5.41, 5.74) is 7.21. The number of nitrogens with two attached hydrogens (primary N) is 1. The number of H-pyrrole nitrogens is 1. The fraction of sp³-hybridized carbons (Fsp3) is 0.0714. The summed E-state index contributed by atoms with van der Waals surface area (Å²) < 4.78 is 44.3. The molecule has 0 fully saturated rings. The molecule has 0 aliphatic rings. The molecule has 0 spiro atoms. The standard InChI is InChI=1S/C14H9F3N2O2/c15-8-3-7(4-9(16)12(8)17)13(18)6-1-2-10-11(5-6)21-14(20)19-10/h1-5,13H,18H2,(H,19,20). The van der Waals surface area contributed by atoms with Crippen molar-refractivity contribution in [3.63, 3.8) is 0 Å². The average Bonchev–Trinajstić information content (AvgIpc) is 2.82. The predicted octanol–water partition coefficient (Wildman–Crippen LogP) is 2.59. The minimum absolute atomic E-state index is 0.0728.